The molecule has 0 aliphatic carbocycles. The van der Waals surface area contributed by atoms with Crippen molar-refractivity contribution in [3.05, 3.63) is 68.2 Å². The van der Waals surface area contributed by atoms with Gasteiger partial charge in [0, 0.05) is 17.6 Å². The predicted octanol–water partition coefficient (Wildman–Crippen LogP) is 4.02. The zero-order valence-electron chi connectivity index (χ0n) is 15.9. The van der Waals surface area contributed by atoms with Gasteiger partial charge in [0.25, 0.3) is 5.56 Å². The largest absolute Gasteiger partial charge is 0.454 e. The van der Waals surface area contributed by atoms with Crippen LogP contribution in [0.5, 0.6) is 11.5 Å². The van der Waals surface area contributed by atoms with Gasteiger partial charge in [-0.25, -0.2) is 4.98 Å². The SMILES string of the molecule is CCN(Cc1nc2cc(Cl)ccc2c(=O)[nH]1)C(=O)/C=C\c1cc(Cl)c2c(c1)OCO2. The minimum absolute atomic E-state index is 0.118. The van der Waals surface area contributed by atoms with Crippen molar-refractivity contribution in [2.45, 2.75) is 13.5 Å². The molecule has 3 aromatic rings. The summed E-state index contributed by atoms with van der Waals surface area (Å²) >= 11 is 12.2. The standard InChI is InChI=1S/C21H17Cl2N3O4/c1-2-26(10-18-24-16-9-13(22)4-5-14(16)21(28)25-18)19(27)6-3-12-7-15(23)20-17(8-12)29-11-30-20/h3-9H,2,10-11H2,1H3,(H,24,25,28)/b6-3-. The number of aromatic amines is 1. The normalized spacial score (nSPS) is 12.6. The summed E-state index contributed by atoms with van der Waals surface area (Å²) in [6.07, 6.45) is 3.09. The van der Waals surface area contributed by atoms with E-state index in [1.807, 2.05) is 6.92 Å². The fraction of sp³-hybridized carbons (Fsp3) is 0.190. The number of benzene rings is 2. The number of likely N-dealkylation sites (N-methyl/N-ethyl adjacent to an activating group) is 1. The van der Waals surface area contributed by atoms with E-state index >= 15 is 0 Å². The molecule has 2 heterocycles. The lowest BCUT2D eigenvalue weighted by Crippen LogP contribution is -2.30. The first kappa shape index (κ1) is 20.3. The molecule has 0 bridgehead atoms. The van der Waals surface area contributed by atoms with Gasteiger partial charge in [0.05, 0.1) is 22.5 Å². The molecule has 154 valence electrons. The van der Waals surface area contributed by atoms with Crippen LogP contribution in [-0.2, 0) is 11.3 Å². The van der Waals surface area contributed by atoms with Crippen LogP contribution >= 0.6 is 23.2 Å². The van der Waals surface area contributed by atoms with E-state index in [4.69, 9.17) is 32.7 Å². The Morgan fingerprint density at radius 2 is 2.10 bits per heavy atom. The van der Waals surface area contributed by atoms with Crippen LogP contribution in [0, 0.1) is 0 Å². The lowest BCUT2D eigenvalue weighted by atomic mass is 10.2. The fourth-order valence-corrected chi connectivity index (χ4v) is 3.56. The summed E-state index contributed by atoms with van der Waals surface area (Å²) in [5.41, 5.74) is 0.913. The Bertz CT molecular complexity index is 1220. The molecule has 0 atom stereocenters. The highest BCUT2D eigenvalue weighted by molar-refractivity contribution is 6.32. The molecule has 1 aromatic heterocycles. The predicted molar refractivity (Wildman–Crippen MR) is 115 cm³/mol. The number of nitrogens with one attached hydrogen (secondary N) is 1. The molecule has 4 rings (SSSR count). The van der Waals surface area contributed by atoms with Crippen LogP contribution in [-0.4, -0.2) is 34.1 Å². The number of amides is 1. The first-order valence-corrected chi connectivity index (χ1v) is 9.95. The van der Waals surface area contributed by atoms with Gasteiger partial charge < -0.3 is 19.4 Å². The van der Waals surface area contributed by atoms with Crippen LogP contribution in [0.1, 0.15) is 18.3 Å². The third kappa shape index (κ3) is 4.13. The number of ether oxygens (including phenoxy) is 2. The number of halogens is 2. The summed E-state index contributed by atoms with van der Waals surface area (Å²) in [5.74, 6) is 1.19. The lowest BCUT2D eigenvalue weighted by Gasteiger charge is -2.18. The van der Waals surface area contributed by atoms with E-state index in [0.29, 0.717) is 50.4 Å². The van der Waals surface area contributed by atoms with Gasteiger partial charge >= 0.3 is 0 Å². The Kier molecular flexibility index (Phi) is 5.65. The number of nitrogens with zero attached hydrogens (tertiary/aromatic N) is 2. The van der Waals surface area contributed by atoms with Crippen LogP contribution in [0.3, 0.4) is 0 Å². The average molecular weight is 446 g/mol. The van der Waals surface area contributed by atoms with Gasteiger partial charge in [0.15, 0.2) is 11.5 Å². The number of carbonyl (C=O) groups excluding carboxylic acids is 1. The van der Waals surface area contributed by atoms with Gasteiger partial charge in [-0.05, 0) is 48.9 Å². The van der Waals surface area contributed by atoms with Gasteiger partial charge in [-0.15, -0.1) is 0 Å². The van der Waals surface area contributed by atoms with Gasteiger partial charge in [-0.3, -0.25) is 9.59 Å². The summed E-state index contributed by atoms with van der Waals surface area (Å²) in [6, 6.07) is 8.32. The van der Waals surface area contributed by atoms with Crippen molar-refractivity contribution >= 4 is 46.1 Å². The minimum atomic E-state index is -0.277. The zero-order valence-corrected chi connectivity index (χ0v) is 17.5. The second-order valence-corrected chi connectivity index (χ2v) is 7.44. The van der Waals surface area contributed by atoms with Crippen molar-refractivity contribution in [1.82, 2.24) is 14.9 Å². The molecular formula is C21H17Cl2N3O4. The van der Waals surface area contributed by atoms with Crippen molar-refractivity contribution in [1.29, 1.82) is 0 Å². The summed E-state index contributed by atoms with van der Waals surface area (Å²) in [5, 5.41) is 1.35. The minimum Gasteiger partial charge on any atom is -0.454 e. The second-order valence-electron chi connectivity index (χ2n) is 6.60. The number of hydrogen-bond acceptors (Lipinski definition) is 5. The molecule has 0 saturated carbocycles. The van der Waals surface area contributed by atoms with E-state index in [0.717, 1.165) is 0 Å². The topological polar surface area (TPSA) is 84.5 Å². The van der Waals surface area contributed by atoms with E-state index in [-0.39, 0.29) is 24.8 Å². The van der Waals surface area contributed by atoms with E-state index < -0.39 is 0 Å². The highest BCUT2D eigenvalue weighted by Crippen LogP contribution is 2.40. The molecule has 0 saturated heterocycles. The van der Waals surface area contributed by atoms with Crippen LogP contribution in [0.15, 0.2) is 41.2 Å². The molecule has 7 nitrogen and oxygen atoms in total. The van der Waals surface area contributed by atoms with Gasteiger partial charge in [0.2, 0.25) is 12.7 Å². The number of fused-ring (bicyclic) bond motifs is 2. The Morgan fingerprint density at radius 3 is 2.90 bits per heavy atom. The number of H-pyrrole nitrogens is 1. The van der Waals surface area contributed by atoms with Gasteiger partial charge in [-0.1, -0.05) is 23.2 Å². The molecule has 0 fully saturated rings. The smallest absolute Gasteiger partial charge is 0.258 e. The molecule has 0 unspecified atom stereocenters. The third-order valence-corrected chi connectivity index (χ3v) is 5.14. The molecular weight excluding hydrogens is 429 g/mol. The molecule has 30 heavy (non-hydrogen) atoms. The van der Waals surface area contributed by atoms with Crippen LogP contribution in [0.2, 0.25) is 10.0 Å². The maximum absolute atomic E-state index is 12.7. The third-order valence-electron chi connectivity index (χ3n) is 4.62. The molecule has 0 radical (unpaired) electrons. The molecule has 0 spiro atoms. The highest BCUT2D eigenvalue weighted by atomic mass is 35.5. The van der Waals surface area contributed by atoms with Gasteiger partial charge in [-0.2, -0.15) is 0 Å². The maximum atomic E-state index is 12.7. The first-order valence-electron chi connectivity index (χ1n) is 9.19. The maximum Gasteiger partial charge on any atom is 0.258 e. The summed E-state index contributed by atoms with van der Waals surface area (Å²) in [6.45, 7) is 2.55. The Balaban J connectivity index is 1.53. The van der Waals surface area contributed by atoms with Crippen LogP contribution < -0.4 is 15.0 Å². The van der Waals surface area contributed by atoms with E-state index in [9.17, 15) is 9.59 Å². The zero-order chi connectivity index (χ0) is 21.3. The number of carbonyl (C=O) groups is 1. The van der Waals surface area contributed by atoms with Crippen LogP contribution in [0.25, 0.3) is 17.0 Å². The summed E-state index contributed by atoms with van der Waals surface area (Å²) < 4.78 is 10.6. The number of aromatic nitrogens is 2. The average Bonchev–Trinajstić information content (AvgIpc) is 3.19. The summed E-state index contributed by atoms with van der Waals surface area (Å²) in [4.78, 5) is 33.7. The van der Waals surface area contributed by atoms with Crippen molar-refractivity contribution in [3.8, 4) is 11.5 Å². The Hall–Kier alpha value is -3.03. The van der Waals surface area contributed by atoms with Crippen LogP contribution in [0.4, 0.5) is 0 Å². The van der Waals surface area contributed by atoms with Crippen molar-refractivity contribution < 1.29 is 14.3 Å². The van der Waals surface area contributed by atoms with Gasteiger partial charge in [0.1, 0.15) is 5.82 Å². The Morgan fingerprint density at radius 1 is 1.27 bits per heavy atom. The lowest BCUT2D eigenvalue weighted by molar-refractivity contribution is -0.126. The molecule has 1 amide bonds. The van der Waals surface area contributed by atoms with Crippen molar-refractivity contribution in [3.63, 3.8) is 0 Å². The molecule has 9 heteroatoms. The molecule has 1 N–H and O–H groups in total. The number of rotatable bonds is 5. The molecule has 1 aliphatic heterocycles. The van der Waals surface area contributed by atoms with Crippen molar-refractivity contribution in [2.75, 3.05) is 13.3 Å². The first-order chi connectivity index (χ1) is 14.4. The van der Waals surface area contributed by atoms with E-state index in [1.54, 1.807) is 41.3 Å². The molecule has 2 aromatic carbocycles. The quantitative estimate of drug-likeness (QED) is 0.599. The number of hydrogen-bond donors (Lipinski definition) is 1. The van der Waals surface area contributed by atoms with E-state index in [2.05, 4.69) is 9.97 Å². The van der Waals surface area contributed by atoms with Crippen molar-refractivity contribution in [2.24, 2.45) is 0 Å². The Labute approximate surface area is 181 Å². The molecule has 1 aliphatic rings. The fourth-order valence-electron chi connectivity index (χ4n) is 3.12. The van der Waals surface area contributed by atoms with E-state index in [1.165, 1.54) is 6.08 Å². The summed E-state index contributed by atoms with van der Waals surface area (Å²) in [7, 11) is 0. The highest BCUT2D eigenvalue weighted by Gasteiger charge is 2.18. The monoisotopic (exact) mass is 445 g/mol. The second kappa shape index (κ2) is 8.38.